The van der Waals surface area contributed by atoms with Crippen LogP contribution in [0, 0.1) is 0 Å². The largest absolute Gasteiger partial charge is 0.288 e. The zero-order chi connectivity index (χ0) is 11.5. The van der Waals surface area contributed by atoms with Gasteiger partial charge >= 0.3 is 0 Å². The predicted octanol–water partition coefficient (Wildman–Crippen LogP) is 3.10. The summed E-state index contributed by atoms with van der Waals surface area (Å²) in [4.78, 5) is 4.37. The van der Waals surface area contributed by atoms with Crippen LogP contribution in [0.2, 0.25) is 0 Å². The minimum atomic E-state index is 0.555. The molecule has 4 heteroatoms. The number of hydrogen-bond donors (Lipinski definition) is 0. The van der Waals surface area contributed by atoms with Crippen molar-refractivity contribution in [3.63, 3.8) is 0 Å². The topological polar surface area (TPSA) is 37.1 Å². The molecule has 0 bridgehead atoms. The van der Waals surface area contributed by atoms with Crippen LogP contribution in [0.15, 0.2) is 27.3 Å². The summed E-state index contributed by atoms with van der Waals surface area (Å²) in [6, 6.07) is 0. The van der Waals surface area contributed by atoms with E-state index in [-0.39, 0.29) is 0 Å². The molecule has 0 aliphatic heterocycles. The van der Waals surface area contributed by atoms with Gasteiger partial charge < -0.3 is 0 Å². The van der Waals surface area contributed by atoms with Crippen LogP contribution in [0.25, 0.3) is 0 Å². The normalized spacial score (nSPS) is 14.4. The molecule has 15 heavy (non-hydrogen) atoms. The molecule has 0 spiro atoms. The number of halogens is 1. The molecule has 0 fully saturated rings. The highest BCUT2D eigenvalue weighted by Gasteiger charge is 1.90. The monoisotopic (exact) mass is 227 g/mol. The minimum absolute atomic E-state index is 0.555. The number of alkyl halides is 1. The fraction of sp³-hybridized carbons (Fsp3) is 0.545. The highest BCUT2D eigenvalue weighted by molar-refractivity contribution is 6.18. The second-order valence-corrected chi connectivity index (χ2v) is 3.40. The fourth-order valence-electron chi connectivity index (χ4n) is 0.819. The smallest absolute Gasteiger partial charge is 0.0787 e. The molecule has 0 heterocycles. The standard InChI is InChI=1S/C11H18ClN3/c1-4-14-15-11(3)9-13-10(2)7-5-6-8-12/h4-6H,7-9H2,1-3H3/b6-5-,13-10?,14-4-,15-11+. The molecule has 0 aliphatic rings. The molecule has 0 aromatic heterocycles. The van der Waals surface area contributed by atoms with Crippen LogP contribution >= 0.6 is 11.6 Å². The number of hydrogen-bond acceptors (Lipinski definition) is 3. The summed E-state index contributed by atoms with van der Waals surface area (Å²) in [7, 11) is 0. The summed E-state index contributed by atoms with van der Waals surface area (Å²) in [5.41, 5.74) is 1.99. The van der Waals surface area contributed by atoms with Crippen molar-refractivity contribution >= 4 is 29.2 Å². The first-order valence-corrected chi connectivity index (χ1v) is 5.46. The molecule has 0 saturated carbocycles. The minimum Gasteiger partial charge on any atom is -0.288 e. The van der Waals surface area contributed by atoms with Gasteiger partial charge in [0.1, 0.15) is 0 Å². The third-order valence-corrected chi connectivity index (χ3v) is 1.77. The first-order chi connectivity index (χ1) is 7.20. The Labute approximate surface area is 96.7 Å². The first kappa shape index (κ1) is 14.0. The predicted molar refractivity (Wildman–Crippen MR) is 69.7 cm³/mol. The van der Waals surface area contributed by atoms with E-state index in [1.54, 1.807) is 6.21 Å². The molecular formula is C11H18ClN3. The summed E-state index contributed by atoms with van der Waals surface area (Å²) in [6.07, 6.45) is 6.44. The molecule has 0 unspecified atom stereocenters. The lowest BCUT2D eigenvalue weighted by Crippen LogP contribution is -1.99. The zero-order valence-corrected chi connectivity index (χ0v) is 10.3. The quantitative estimate of drug-likeness (QED) is 0.290. The molecule has 0 rings (SSSR count). The van der Waals surface area contributed by atoms with Crippen molar-refractivity contribution in [2.75, 3.05) is 12.4 Å². The summed E-state index contributed by atoms with van der Waals surface area (Å²) in [5.74, 6) is 0.555. The Hall–Kier alpha value is -0.960. The molecule has 0 aliphatic carbocycles. The van der Waals surface area contributed by atoms with E-state index in [1.165, 1.54) is 0 Å². The van der Waals surface area contributed by atoms with Crippen molar-refractivity contribution in [1.82, 2.24) is 0 Å². The van der Waals surface area contributed by atoms with Crippen LogP contribution in [0.3, 0.4) is 0 Å². The molecule has 0 aromatic carbocycles. The van der Waals surface area contributed by atoms with E-state index in [0.717, 1.165) is 17.8 Å². The number of rotatable bonds is 6. The van der Waals surface area contributed by atoms with E-state index in [4.69, 9.17) is 11.6 Å². The van der Waals surface area contributed by atoms with Gasteiger partial charge in [-0.05, 0) is 20.8 Å². The molecule has 0 aromatic rings. The van der Waals surface area contributed by atoms with Crippen molar-refractivity contribution in [2.45, 2.75) is 27.2 Å². The average Bonchev–Trinajstić information content (AvgIpc) is 2.24. The van der Waals surface area contributed by atoms with E-state index in [0.29, 0.717) is 12.4 Å². The Morgan fingerprint density at radius 1 is 1.20 bits per heavy atom. The highest BCUT2D eigenvalue weighted by atomic mass is 35.5. The maximum absolute atomic E-state index is 5.51. The van der Waals surface area contributed by atoms with Gasteiger partial charge in [-0.15, -0.1) is 11.6 Å². The van der Waals surface area contributed by atoms with Crippen molar-refractivity contribution in [1.29, 1.82) is 0 Å². The van der Waals surface area contributed by atoms with Gasteiger partial charge in [0.15, 0.2) is 0 Å². The van der Waals surface area contributed by atoms with E-state index in [1.807, 2.05) is 32.9 Å². The van der Waals surface area contributed by atoms with Gasteiger partial charge in [0.2, 0.25) is 0 Å². The van der Waals surface area contributed by atoms with E-state index >= 15 is 0 Å². The number of allylic oxidation sites excluding steroid dienone is 2. The van der Waals surface area contributed by atoms with Crippen LogP contribution in [-0.4, -0.2) is 30.1 Å². The van der Waals surface area contributed by atoms with Crippen LogP contribution < -0.4 is 0 Å². The van der Waals surface area contributed by atoms with Crippen molar-refractivity contribution in [3.05, 3.63) is 12.2 Å². The average molecular weight is 228 g/mol. The Bertz CT molecular complexity index is 278. The highest BCUT2D eigenvalue weighted by Crippen LogP contribution is 1.91. The lowest BCUT2D eigenvalue weighted by atomic mass is 10.3. The van der Waals surface area contributed by atoms with Crippen LogP contribution in [-0.2, 0) is 0 Å². The molecule has 0 amide bonds. The number of aliphatic imine (C=N–C) groups is 1. The summed E-state index contributed by atoms with van der Waals surface area (Å²) >= 11 is 5.51. The summed E-state index contributed by atoms with van der Waals surface area (Å²) < 4.78 is 0. The zero-order valence-electron chi connectivity index (χ0n) is 9.57. The van der Waals surface area contributed by atoms with Gasteiger partial charge in [-0.3, -0.25) is 4.99 Å². The molecule has 0 radical (unpaired) electrons. The van der Waals surface area contributed by atoms with Crippen molar-refractivity contribution in [3.8, 4) is 0 Å². The Balaban J connectivity index is 3.99. The van der Waals surface area contributed by atoms with Crippen LogP contribution in [0.1, 0.15) is 27.2 Å². The van der Waals surface area contributed by atoms with Crippen LogP contribution in [0.5, 0.6) is 0 Å². The van der Waals surface area contributed by atoms with Gasteiger partial charge in [-0.25, -0.2) is 0 Å². The molecule has 0 saturated heterocycles. The maximum Gasteiger partial charge on any atom is 0.0787 e. The first-order valence-electron chi connectivity index (χ1n) is 4.92. The molecule has 0 N–H and O–H groups in total. The Morgan fingerprint density at radius 3 is 2.53 bits per heavy atom. The van der Waals surface area contributed by atoms with Gasteiger partial charge in [-0.2, -0.15) is 10.2 Å². The van der Waals surface area contributed by atoms with Gasteiger partial charge in [-0.1, -0.05) is 12.2 Å². The van der Waals surface area contributed by atoms with E-state index < -0.39 is 0 Å². The van der Waals surface area contributed by atoms with Crippen molar-refractivity contribution < 1.29 is 0 Å². The molecule has 3 nitrogen and oxygen atoms in total. The Morgan fingerprint density at radius 2 is 1.93 bits per heavy atom. The van der Waals surface area contributed by atoms with Gasteiger partial charge in [0.05, 0.1) is 12.3 Å². The Kier molecular flexibility index (Phi) is 8.98. The maximum atomic E-state index is 5.51. The fourth-order valence-corrected chi connectivity index (χ4v) is 0.945. The SMILES string of the molecule is C/C=N\N=C(/C)CN=C(C)C/C=C\CCl. The van der Waals surface area contributed by atoms with E-state index in [2.05, 4.69) is 15.2 Å². The van der Waals surface area contributed by atoms with E-state index in [9.17, 15) is 0 Å². The van der Waals surface area contributed by atoms with Crippen LogP contribution in [0.4, 0.5) is 0 Å². The second kappa shape index (κ2) is 9.59. The lowest BCUT2D eigenvalue weighted by Gasteiger charge is -1.96. The number of nitrogens with zero attached hydrogens (tertiary/aromatic N) is 3. The van der Waals surface area contributed by atoms with Gasteiger partial charge in [0, 0.05) is 24.2 Å². The summed E-state index contributed by atoms with van der Waals surface area (Å²) in [6.45, 7) is 6.35. The third kappa shape index (κ3) is 9.35. The molecular weight excluding hydrogens is 210 g/mol. The second-order valence-electron chi connectivity index (χ2n) is 3.09. The third-order valence-electron chi connectivity index (χ3n) is 1.59. The lowest BCUT2D eigenvalue weighted by molar-refractivity contribution is 1.17. The van der Waals surface area contributed by atoms with Gasteiger partial charge in [0.25, 0.3) is 0 Å². The molecule has 84 valence electrons. The van der Waals surface area contributed by atoms with Crippen molar-refractivity contribution in [2.24, 2.45) is 15.2 Å². The molecule has 0 atom stereocenters. The summed E-state index contributed by atoms with van der Waals surface area (Å²) in [5, 5.41) is 7.74.